The number of ether oxygens (including phenoxy) is 1. The van der Waals surface area contributed by atoms with E-state index in [2.05, 4.69) is 19.2 Å². The van der Waals surface area contributed by atoms with Gasteiger partial charge in [-0.1, -0.05) is 43.2 Å². The minimum Gasteiger partial charge on any atom is -0.495 e. The Hall–Kier alpha value is -2.12. The molecule has 30 heavy (non-hydrogen) atoms. The Morgan fingerprint density at radius 3 is 2.73 bits per heavy atom. The molecule has 0 atom stereocenters. The van der Waals surface area contributed by atoms with Crippen LogP contribution in [0.3, 0.4) is 0 Å². The molecular weight excluding hydrogens is 414 g/mol. The number of rotatable bonds is 6. The summed E-state index contributed by atoms with van der Waals surface area (Å²) in [6.07, 6.45) is 6.12. The number of nitrogens with zero attached hydrogens (tertiary/aromatic N) is 2. The Kier molecular flexibility index (Phi) is 6.58. The van der Waals surface area contributed by atoms with E-state index in [1.807, 2.05) is 24.3 Å². The van der Waals surface area contributed by atoms with Gasteiger partial charge in [0.2, 0.25) is 5.91 Å². The zero-order chi connectivity index (χ0) is 21.1. The maximum atomic E-state index is 12.6. The van der Waals surface area contributed by atoms with Gasteiger partial charge in [-0.3, -0.25) is 4.79 Å². The Morgan fingerprint density at radius 2 is 1.97 bits per heavy atom. The van der Waals surface area contributed by atoms with Crippen LogP contribution >= 0.6 is 23.1 Å². The Morgan fingerprint density at radius 1 is 1.20 bits per heavy atom. The minimum absolute atomic E-state index is 0.0694. The second-order valence-electron chi connectivity index (χ2n) is 7.72. The normalized spacial score (nSPS) is 14.8. The number of hydrogen-bond acceptors (Lipinski definition) is 6. The minimum atomic E-state index is -0.0694. The third kappa shape index (κ3) is 4.47. The number of nitrogens with one attached hydrogen (secondary N) is 1. The van der Waals surface area contributed by atoms with Gasteiger partial charge >= 0.3 is 0 Å². The Labute approximate surface area is 185 Å². The van der Waals surface area contributed by atoms with Gasteiger partial charge in [0.05, 0.1) is 18.6 Å². The molecular formula is C23H27N3O2S2. The highest BCUT2D eigenvalue weighted by Gasteiger charge is 2.22. The van der Waals surface area contributed by atoms with Crippen LogP contribution < -0.4 is 10.1 Å². The number of fused-ring (bicyclic) bond motifs is 1. The van der Waals surface area contributed by atoms with Crippen molar-refractivity contribution in [1.29, 1.82) is 0 Å². The van der Waals surface area contributed by atoms with E-state index in [9.17, 15) is 4.79 Å². The first kappa shape index (κ1) is 21.1. The molecule has 0 saturated heterocycles. The molecule has 1 amide bonds. The van der Waals surface area contributed by atoms with Gasteiger partial charge in [0, 0.05) is 16.2 Å². The lowest BCUT2D eigenvalue weighted by atomic mass is 9.89. The van der Waals surface area contributed by atoms with Crippen molar-refractivity contribution in [2.75, 3.05) is 18.2 Å². The van der Waals surface area contributed by atoms with Crippen LogP contribution in [-0.4, -0.2) is 28.7 Å². The topological polar surface area (TPSA) is 64.1 Å². The Balaban J connectivity index is 1.57. The van der Waals surface area contributed by atoms with Crippen LogP contribution in [0.2, 0.25) is 0 Å². The first-order chi connectivity index (χ1) is 14.6. The third-order valence-corrected chi connectivity index (χ3v) is 7.78. The maximum absolute atomic E-state index is 12.6. The van der Waals surface area contributed by atoms with Crippen molar-refractivity contribution in [2.45, 2.75) is 56.9 Å². The number of hydrogen-bond donors (Lipinski definition) is 1. The SMILES string of the molecule is COc1ccccc1NC(=O)CSc1nc(C2CCCCC2)nc2sc(C)c(C)c12. The molecule has 1 saturated carbocycles. The van der Waals surface area contributed by atoms with Crippen LogP contribution in [-0.2, 0) is 4.79 Å². The van der Waals surface area contributed by atoms with E-state index < -0.39 is 0 Å². The standard InChI is InChI=1S/C23H27N3O2S2/c1-14-15(2)30-23-20(14)22(25-21(26-23)16-9-5-4-6-10-16)29-13-19(27)24-17-11-7-8-12-18(17)28-3/h7-8,11-12,16H,4-6,9-10,13H2,1-3H3,(H,24,27). The summed E-state index contributed by atoms with van der Waals surface area (Å²) in [5, 5.41) is 4.98. The lowest BCUT2D eigenvalue weighted by molar-refractivity contribution is -0.113. The van der Waals surface area contributed by atoms with Crippen LogP contribution in [0.4, 0.5) is 5.69 Å². The van der Waals surface area contributed by atoms with E-state index in [1.54, 1.807) is 18.4 Å². The summed E-state index contributed by atoms with van der Waals surface area (Å²) >= 11 is 3.23. The molecule has 1 aliphatic rings. The molecule has 1 aliphatic carbocycles. The smallest absolute Gasteiger partial charge is 0.234 e. The molecule has 0 spiro atoms. The van der Waals surface area contributed by atoms with Crippen LogP contribution in [0.1, 0.15) is 54.3 Å². The van der Waals surface area contributed by atoms with Gasteiger partial charge in [-0.15, -0.1) is 11.3 Å². The summed E-state index contributed by atoms with van der Waals surface area (Å²) in [6.45, 7) is 4.25. The van der Waals surface area contributed by atoms with Gasteiger partial charge < -0.3 is 10.1 Å². The fourth-order valence-electron chi connectivity index (χ4n) is 3.94. The average molecular weight is 442 g/mol. The number of benzene rings is 1. The molecule has 2 aromatic heterocycles. The van der Waals surface area contributed by atoms with E-state index in [4.69, 9.17) is 14.7 Å². The van der Waals surface area contributed by atoms with Crippen molar-refractivity contribution < 1.29 is 9.53 Å². The zero-order valence-corrected chi connectivity index (χ0v) is 19.3. The summed E-state index contributed by atoms with van der Waals surface area (Å²) < 4.78 is 5.33. The van der Waals surface area contributed by atoms with E-state index in [0.29, 0.717) is 23.1 Å². The summed E-state index contributed by atoms with van der Waals surface area (Å²) in [7, 11) is 1.60. The predicted molar refractivity (Wildman–Crippen MR) is 125 cm³/mol. The molecule has 158 valence electrons. The number of anilines is 1. The van der Waals surface area contributed by atoms with Gasteiger partial charge in [-0.05, 0) is 44.4 Å². The third-order valence-electron chi connectivity index (χ3n) is 5.70. The number of thiophene rings is 1. The van der Waals surface area contributed by atoms with Gasteiger partial charge in [0.15, 0.2) is 0 Å². The average Bonchev–Trinajstić information content (AvgIpc) is 3.06. The van der Waals surface area contributed by atoms with Crippen LogP contribution in [0.5, 0.6) is 5.75 Å². The second-order valence-corrected chi connectivity index (χ2v) is 9.89. The molecule has 1 aromatic carbocycles. The van der Waals surface area contributed by atoms with Crippen LogP contribution in [0, 0.1) is 13.8 Å². The molecule has 1 fully saturated rings. The summed E-state index contributed by atoms with van der Waals surface area (Å²) in [5.74, 6) is 2.27. The molecule has 2 heterocycles. The van der Waals surface area contributed by atoms with Crippen molar-refractivity contribution in [3.63, 3.8) is 0 Å². The number of carbonyl (C=O) groups is 1. The molecule has 0 bridgehead atoms. The van der Waals surface area contributed by atoms with E-state index >= 15 is 0 Å². The van der Waals surface area contributed by atoms with Crippen molar-refractivity contribution in [2.24, 2.45) is 0 Å². The van der Waals surface area contributed by atoms with Gasteiger partial charge in [0.25, 0.3) is 0 Å². The molecule has 0 aliphatic heterocycles. The Bertz CT molecular complexity index is 1060. The van der Waals surface area contributed by atoms with E-state index in [1.165, 1.54) is 41.5 Å². The summed E-state index contributed by atoms with van der Waals surface area (Å²) in [6, 6.07) is 7.45. The largest absolute Gasteiger partial charge is 0.495 e. The first-order valence-corrected chi connectivity index (χ1v) is 12.2. The molecule has 4 rings (SSSR count). The highest BCUT2D eigenvalue weighted by atomic mass is 32.2. The zero-order valence-electron chi connectivity index (χ0n) is 17.7. The molecule has 1 N–H and O–H groups in total. The number of carbonyl (C=O) groups excluding carboxylic acids is 1. The molecule has 0 unspecified atom stereocenters. The van der Waals surface area contributed by atoms with Crippen molar-refractivity contribution in [1.82, 2.24) is 9.97 Å². The highest BCUT2D eigenvalue weighted by molar-refractivity contribution is 8.00. The first-order valence-electron chi connectivity index (χ1n) is 10.4. The predicted octanol–water partition coefficient (Wildman–Crippen LogP) is 6.10. The van der Waals surface area contributed by atoms with Gasteiger partial charge in [-0.2, -0.15) is 0 Å². The number of methoxy groups -OCH3 is 1. The van der Waals surface area contributed by atoms with Crippen LogP contribution in [0.15, 0.2) is 29.3 Å². The molecule has 7 heteroatoms. The number of aromatic nitrogens is 2. The number of amides is 1. The lowest BCUT2D eigenvalue weighted by Crippen LogP contribution is -2.15. The van der Waals surface area contributed by atoms with Crippen molar-refractivity contribution in [3.8, 4) is 5.75 Å². The number of aryl methyl sites for hydroxylation is 2. The number of thioether (sulfide) groups is 1. The molecule has 5 nitrogen and oxygen atoms in total. The monoisotopic (exact) mass is 441 g/mol. The number of para-hydroxylation sites is 2. The summed E-state index contributed by atoms with van der Waals surface area (Å²) in [5.41, 5.74) is 1.90. The molecule has 0 radical (unpaired) electrons. The highest BCUT2D eigenvalue weighted by Crippen LogP contribution is 2.38. The fraction of sp³-hybridized carbons (Fsp3) is 0.435. The van der Waals surface area contributed by atoms with Gasteiger partial charge in [0.1, 0.15) is 21.4 Å². The van der Waals surface area contributed by atoms with Gasteiger partial charge in [-0.25, -0.2) is 9.97 Å². The molecule has 3 aromatic rings. The van der Waals surface area contributed by atoms with E-state index in [0.717, 1.165) is 33.9 Å². The summed E-state index contributed by atoms with van der Waals surface area (Å²) in [4.78, 5) is 24.9. The van der Waals surface area contributed by atoms with Crippen LogP contribution in [0.25, 0.3) is 10.2 Å². The van der Waals surface area contributed by atoms with Crippen molar-refractivity contribution >= 4 is 44.9 Å². The fourth-order valence-corrected chi connectivity index (χ4v) is 5.94. The van der Waals surface area contributed by atoms with Crippen molar-refractivity contribution in [3.05, 3.63) is 40.5 Å². The maximum Gasteiger partial charge on any atom is 0.234 e. The second kappa shape index (κ2) is 9.35. The quantitative estimate of drug-likeness (QED) is 0.370. The van der Waals surface area contributed by atoms with E-state index in [-0.39, 0.29) is 5.91 Å². The lowest BCUT2D eigenvalue weighted by Gasteiger charge is -2.20.